The fourth-order valence-electron chi connectivity index (χ4n) is 3.41. The number of carbonyl (C=O) groups is 2. The molecule has 1 aliphatic rings. The van der Waals surface area contributed by atoms with Gasteiger partial charge in [0.05, 0.1) is 36.0 Å². The molecule has 32 heavy (non-hydrogen) atoms. The summed E-state index contributed by atoms with van der Waals surface area (Å²) >= 11 is 0. The number of anilines is 2. The first-order valence-corrected chi connectivity index (χ1v) is 10.7. The first-order valence-electron chi connectivity index (χ1n) is 10.7. The lowest BCUT2D eigenvalue weighted by atomic mass is 9.78. The van der Waals surface area contributed by atoms with Crippen molar-refractivity contribution in [1.82, 2.24) is 0 Å². The number of hydrogen-bond donors (Lipinski definition) is 2. The van der Waals surface area contributed by atoms with Gasteiger partial charge >= 0.3 is 11.9 Å². The van der Waals surface area contributed by atoms with Gasteiger partial charge in [-0.25, -0.2) is 0 Å². The van der Waals surface area contributed by atoms with Crippen LogP contribution < -0.4 is 10.9 Å². The van der Waals surface area contributed by atoms with E-state index in [1.54, 1.807) is 13.8 Å². The van der Waals surface area contributed by atoms with E-state index >= 15 is 0 Å². The highest BCUT2D eigenvalue weighted by atomic mass is 16.5. The van der Waals surface area contributed by atoms with E-state index in [1.165, 1.54) is 0 Å². The van der Waals surface area contributed by atoms with Crippen LogP contribution in [0, 0.1) is 11.8 Å². The molecule has 0 spiro atoms. The molecule has 0 radical (unpaired) electrons. The Morgan fingerprint density at radius 1 is 0.750 bits per heavy atom. The van der Waals surface area contributed by atoms with Crippen molar-refractivity contribution in [1.29, 1.82) is 0 Å². The minimum Gasteiger partial charge on any atom is -0.465 e. The molecule has 168 valence electrons. The normalized spacial score (nSPS) is 20.6. The quantitative estimate of drug-likeness (QED) is 0.478. The number of ether oxygens (including phenoxy) is 2. The number of benzene rings is 2. The standard InChI is InChI=1S/C24H28N4O4/c1-3-31-23(29)19-15-22(28-26-18-13-9-6-10-14-18)20(24(30)32-4-2)16-21(19)27-25-17-11-7-5-8-12-17/h5-14,19-20,25-26H,3-4,15-16H2,1-2H3/b27-21-,28-22+/t19-,20+/m1/s1. The van der Waals surface area contributed by atoms with Crippen LogP contribution in [0.1, 0.15) is 26.7 Å². The Hall–Kier alpha value is -3.68. The zero-order valence-corrected chi connectivity index (χ0v) is 18.3. The van der Waals surface area contributed by atoms with Gasteiger partial charge in [0.2, 0.25) is 0 Å². The Balaban J connectivity index is 1.90. The second kappa shape index (κ2) is 11.6. The van der Waals surface area contributed by atoms with E-state index in [9.17, 15) is 9.59 Å². The zero-order valence-electron chi connectivity index (χ0n) is 18.3. The van der Waals surface area contributed by atoms with E-state index in [2.05, 4.69) is 21.1 Å². The van der Waals surface area contributed by atoms with E-state index in [0.29, 0.717) is 11.4 Å². The van der Waals surface area contributed by atoms with Gasteiger partial charge in [-0.05, 0) is 38.1 Å². The van der Waals surface area contributed by atoms with Crippen LogP contribution in [0.2, 0.25) is 0 Å². The zero-order chi connectivity index (χ0) is 22.8. The van der Waals surface area contributed by atoms with E-state index in [0.717, 1.165) is 11.4 Å². The Kier molecular flexibility index (Phi) is 8.36. The topological polar surface area (TPSA) is 101 Å². The summed E-state index contributed by atoms with van der Waals surface area (Å²) in [7, 11) is 0. The number of hydrazone groups is 2. The lowest BCUT2D eigenvalue weighted by Crippen LogP contribution is -2.42. The Morgan fingerprint density at radius 3 is 1.47 bits per heavy atom. The van der Waals surface area contributed by atoms with Crippen LogP contribution in [0.4, 0.5) is 11.4 Å². The maximum Gasteiger partial charge on any atom is 0.315 e. The molecule has 0 unspecified atom stereocenters. The maximum absolute atomic E-state index is 12.7. The van der Waals surface area contributed by atoms with Gasteiger partial charge in [-0.1, -0.05) is 36.4 Å². The van der Waals surface area contributed by atoms with E-state index in [1.807, 2.05) is 60.7 Å². The Bertz CT molecular complexity index is 881. The van der Waals surface area contributed by atoms with Gasteiger partial charge in [0, 0.05) is 12.8 Å². The van der Waals surface area contributed by atoms with Crippen molar-refractivity contribution in [2.45, 2.75) is 26.7 Å². The van der Waals surface area contributed by atoms with Crippen LogP contribution in [-0.4, -0.2) is 36.6 Å². The van der Waals surface area contributed by atoms with E-state index in [-0.39, 0.29) is 26.1 Å². The molecule has 0 bridgehead atoms. The first-order chi connectivity index (χ1) is 15.6. The highest BCUT2D eigenvalue weighted by molar-refractivity contribution is 6.16. The van der Waals surface area contributed by atoms with Gasteiger partial charge in [-0.2, -0.15) is 10.2 Å². The number of para-hydroxylation sites is 2. The van der Waals surface area contributed by atoms with Gasteiger partial charge in [0.1, 0.15) is 11.8 Å². The number of hydrogen-bond acceptors (Lipinski definition) is 8. The fourth-order valence-corrected chi connectivity index (χ4v) is 3.41. The molecule has 2 aromatic carbocycles. The van der Waals surface area contributed by atoms with Crippen LogP contribution in [0.15, 0.2) is 70.9 Å². The molecule has 1 aliphatic carbocycles. The number of nitrogens with one attached hydrogen (secondary N) is 2. The van der Waals surface area contributed by atoms with Crippen LogP contribution in [0.25, 0.3) is 0 Å². The molecule has 2 aromatic rings. The van der Waals surface area contributed by atoms with Crippen LogP contribution in [0.5, 0.6) is 0 Å². The van der Waals surface area contributed by atoms with Crippen LogP contribution >= 0.6 is 0 Å². The summed E-state index contributed by atoms with van der Waals surface area (Å²) in [6.45, 7) is 4.02. The number of rotatable bonds is 8. The molecule has 0 amide bonds. The summed E-state index contributed by atoms with van der Waals surface area (Å²) in [5, 5.41) is 8.93. The maximum atomic E-state index is 12.7. The summed E-state index contributed by atoms with van der Waals surface area (Å²) in [5.74, 6) is -2.08. The number of carbonyl (C=O) groups excluding carboxylic acids is 2. The van der Waals surface area contributed by atoms with E-state index in [4.69, 9.17) is 9.47 Å². The van der Waals surface area contributed by atoms with Gasteiger partial charge in [-0.15, -0.1) is 0 Å². The summed E-state index contributed by atoms with van der Waals surface area (Å²) < 4.78 is 10.6. The van der Waals surface area contributed by atoms with Crippen molar-refractivity contribution in [2.75, 3.05) is 24.1 Å². The SMILES string of the molecule is CCOC(=O)[C@H]1C/C(=N/Nc2ccccc2)[C@H](C(=O)OCC)C/C1=N\Nc1ccccc1. The Morgan fingerprint density at radius 2 is 1.12 bits per heavy atom. The van der Waals surface area contributed by atoms with Crippen molar-refractivity contribution in [2.24, 2.45) is 22.0 Å². The summed E-state index contributed by atoms with van der Waals surface area (Å²) in [6, 6.07) is 18.8. The predicted molar refractivity (Wildman–Crippen MR) is 124 cm³/mol. The molecule has 1 saturated carbocycles. The fraction of sp³-hybridized carbons (Fsp3) is 0.333. The van der Waals surface area contributed by atoms with Crippen molar-refractivity contribution < 1.29 is 19.1 Å². The monoisotopic (exact) mass is 436 g/mol. The molecule has 2 N–H and O–H groups in total. The summed E-state index contributed by atoms with van der Waals surface area (Å²) in [6.07, 6.45) is 0.412. The molecule has 8 nitrogen and oxygen atoms in total. The second-order valence-corrected chi connectivity index (χ2v) is 7.18. The molecule has 0 aliphatic heterocycles. The van der Waals surface area contributed by atoms with Crippen molar-refractivity contribution in [3.63, 3.8) is 0 Å². The van der Waals surface area contributed by atoms with Gasteiger partial charge in [0.15, 0.2) is 0 Å². The third kappa shape index (κ3) is 6.16. The summed E-state index contributed by atoms with van der Waals surface area (Å²) in [4.78, 5) is 25.4. The third-order valence-electron chi connectivity index (χ3n) is 4.98. The third-order valence-corrected chi connectivity index (χ3v) is 4.98. The first kappa shape index (κ1) is 23.0. The number of esters is 2. The highest BCUT2D eigenvalue weighted by Crippen LogP contribution is 2.28. The minimum absolute atomic E-state index is 0.206. The van der Waals surface area contributed by atoms with E-state index < -0.39 is 23.8 Å². The van der Waals surface area contributed by atoms with Crippen LogP contribution in [0.3, 0.4) is 0 Å². The molecule has 1 fully saturated rings. The second-order valence-electron chi connectivity index (χ2n) is 7.18. The largest absolute Gasteiger partial charge is 0.465 e. The molecule has 2 atom stereocenters. The van der Waals surface area contributed by atoms with Crippen LogP contribution in [-0.2, 0) is 19.1 Å². The Labute approximate surface area is 187 Å². The van der Waals surface area contributed by atoms with Crippen molar-refractivity contribution in [3.8, 4) is 0 Å². The van der Waals surface area contributed by atoms with Gasteiger partial charge in [-0.3, -0.25) is 20.4 Å². The smallest absolute Gasteiger partial charge is 0.315 e. The van der Waals surface area contributed by atoms with Crippen molar-refractivity contribution in [3.05, 3.63) is 60.7 Å². The molecule has 3 rings (SSSR count). The molecule has 8 heteroatoms. The lowest BCUT2D eigenvalue weighted by molar-refractivity contribution is -0.148. The predicted octanol–water partition coefficient (Wildman–Crippen LogP) is 4.08. The molecule has 0 saturated heterocycles. The minimum atomic E-state index is -0.645. The molecular weight excluding hydrogens is 408 g/mol. The van der Waals surface area contributed by atoms with Gasteiger partial charge < -0.3 is 9.47 Å². The van der Waals surface area contributed by atoms with Gasteiger partial charge in [0.25, 0.3) is 0 Å². The average molecular weight is 437 g/mol. The molecule has 0 heterocycles. The average Bonchev–Trinajstić information content (AvgIpc) is 2.83. The van der Waals surface area contributed by atoms with Crippen molar-refractivity contribution >= 4 is 34.7 Å². The molecule has 0 aromatic heterocycles. The number of nitrogens with zero attached hydrogens (tertiary/aromatic N) is 2. The lowest BCUT2D eigenvalue weighted by Gasteiger charge is -2.29. The highest BCUT2D eigenvalue weighted by Gasteiger charge is 2.41. The molecular formula is C24H28N4O4. The summed E-state index contributed by atoms with van der Waals surface area (Å²) in [5.41, 5.74) is 8.58.